The maximum atomic E-state index is 8.47. The van der Waals surface area contributed by atoms with Gasteiger partial charge in [0.25, 0.3) is 0 Å². The minimum Gasteiger partial charge on any atom is -0.392 e. The molecule has 0 saturated heterocycles. The van der Waals surface area contributed by atoms with Crippen molar-refractivity contribution in [1.29, 1.82) is 0 Å². The Labute approximate surface area is 50.2 Å². The second-order valence-corrected chi connectivity index (χ2v) is 1.77. The standard InChI is InChI=1S/C6H13NO/c1-6(5-8)3-4-7-2/h3,7-8H,4-5H2,1-2H3/b6-3+. The minimum atomic E-state index is 0.168. The van der Waals surface area contributed by atoms with E-state index in [0.29, 0.717) is 0 Å². The summed E-state index contributed by atoms with van der Waals surface area (Å²) >= 11 is 0. The van der Waals surface area contributed by atoms with Crippen molar-refractivity contribution in [3.8, 4) is 0 Å². The second-order valence-electron chi connectivity index (χ2n) is 1.77. The maximum absolute atomic E-state index is 8.47. The molecule has 0 aliphatic heterocycles. The Hall–Kier alpha value is -0.340. The highest BCUT2D eigenvalue weighted by atomic mass is 16.3. The van der Waals surface area contributed by atoms with Gasteiger partial charge in [0.15, 0.2) is 0 Å². The molecule has 48 valence electrons. The summed E-state index contributed by atoms with van der Waals surface area (Å²) in [5.41, 5.74) is 1.01. The van der Waals surface area contributed by atoms with E-state index >= 15 is 0 Å². The Morgan fingerprint density at radius 3 is 2.75 bits per heavy atom. The molecule has 0 aromatic rings. The van der Waals surface area contributed by atoms with E-state index < -0.39 is 0 Å². The van der Waals surface area contributed by atoms with Crippen molar-refractivity contribution < 1.29 is 5.11 Å². The first-order valence-electron chi connectivity index (χ1n) is 2.72. The van der Waals surface area contributed by atoms with Gasteiger partial charge in [0.2, 0.25) is 0 Å². The lowest BCUT2D eigenvalue weighted by Crippen LogP contribution is -2.05. The minimum absolute atomic E-state index is 0.168. The average molecular weight is 115 g/mol. The van der Waals surface area contributed by atoms with Gasteiger partial charge in [0, 0.05) is 6.54 Å². The van der Waals surface area contributed by atoms with Crippen molar-refractivity contribution in [2.75, 3.05) is 20.2 Å². The molecule has 8 heavy (non-hydrogen) atoms. The van der Waals surface area contributed by atoms with Gasteiger partial charge in [0.05, 0.1) is 6.61 Å². The quantitative estimate of drug-likeness (QED) is 0.513. The summed E-state index contributed by atoms with van der Waals surface area (Å²) in [5, 5.41) is 11.4. The summed E-state index contributed by atoms with van der Waals surface area (Å²) in [6.07, 6.45) is 1.96. The van der Waals surface area contributed by atoms with E-state index in [0.717, 1.165) is 12.1 Å². The number of likely N-dealkylation sites (N-methyl/N-ethyl adjacent to an activating group) is 1. The van der Waals surface area contributed by atoms with Gasteiger partial charge in [-0.2, -0.15) is 0 Å². The smallest absolute Gasteiger partial charge is 0.0639 e. The molecule has 0 atom stereocenters. The largest absolute Gasteiger partial charge is 0.392 e. The number of rotatable bonds is 3. The molecular formula is C6H13NO. The Balaban J connectivity index is 3.26. The Bertz CT molecular complexity index is 78.6. The molecule has 2 heteroatoms. The van der Waals surface area contributed by atoms with E-state index in [-0.39, 0.29) is 6.61 Å². The molecule has 0 saturated carbocycles. The van der Waals surface area contributed by atoms with Crippen LogP contribution in [0.4, 0.5) is 0 Å². The van der Waals surface area contributed by atoms with Crippen LogP contribution in [-0.2, 0) is 0 Å². The Morgan fingerprint density at radius 2 is 2.38 bits per heavy atom. The second kappa shape index (κ2) is 4.81. The highest BCUT2D eigenvalue weighted by Gasteiger charge is 1.80. The van der Waals surface area contributed by atoms with Crippen LogP contribution < -0.4 is 5.32 Å². The van der Waals surface area contributed by atoms with E-state index in [4.69, 9.17) is 5.11 Å². The highest BCUT2D eigenvalue weighted by molar-refractivity contribution is 4.98. The number of hydrogen-bond donors (Lipinski definition) is 2. The lowest BCUT2D eigenvalue weighted by molar-refractivity contribution is 0.331. The molecule has 0 radical (unpaired) electrons. The van der Waals surface area contributed by atoms with E-state index in [2.05, 4.69) is 5.32 Å². The van der Waals surface area contributed by atoms with Gasteiger partial charge >= 0.3 is 0 Å². The monoisotopic (exact) mass is 115 g/mol. The molecule has 0 spiro atoms. The summed E-state index contributed by atoms with van der Waals surface area (Å²) in [5.74, 6) is 0. The van der Waals surface area contributed by atoms with Gasteiger partial charge in [-0.3, -0.25) is 0 Å². The third kappa shape index (κ3) is 3.84. The van der Waals surface area contributed by atoms with Crippen molar-refractivity contribution in [3.63, 3.8) is 0 Å². The van der Waals surface area contributed by atoms with Gasteiger partial charge < -0.3 is 10.4 Å². The van der Waals surface area contributed by atoms with Crippen LogP contribution in [0.1, 0.15) is 6.92 Å². The molecule has 0 unspecified atom stereocenters. The third-order valence-electron chi connectivity index (χ3n) is 0.904. The van der Waals surface area contributed by atoms with Crippen LogP contribution in [0, 0.1) is 0 Å². The zero-order valence-corrected chi connectivity index (χ0v) is 5.44. The van der Waals surface area contributed by atoms with Crippen LogP contribution in [0.15, 0.2) is 11.6 Å². The molecule has 0 aliphatic rings. The SMILES string of the molecule is CNC/C=C(\C)CO. The predicted octanol–water partition coefficient (Wildman–Crippen LogP) is 0.144. The van der Waals surface area contributed by atoms with Crippen molar-refractivity contribution in [2.24, 2.45) is 0 Å². The molecular weight excluding hydrogens is 102 g/mol. The highest BCUT2D eigenvalue weighted by Crippen LogP contribution is 1.85. The summed E-state index contributed by atoms with van der Waals surface area (Å²) in [4.78, 5) is 0. The molecule has 2 nitrogen and oxygen atoms in total. The van der Waals surface area contributed by atoms with Gasteiger partial charge in [-0.05, 0) is 14.0 Å². The molecule has 0 bridgehead atoms. The summed E-state index contributed by atoms with van der Waals surface area (Å²) in [6, 6.07) is 0. The van der Waals surface area contributed by atoms with Crippen molar-refractivity contribution >= 4 is 0 Å². The van der Waals surface area contributed by atoms with Gasteiger partial charge in [-0.15, -0.1) is 0 Å². The zero-order valence-electron chi connectivity index (χ0n) is 5.44. The third-order valence-corrected chi connectivity index (χ3v) is 0.904. The fraction of sp³-hybridized carbons (Fsp3) is 0.667. The molecule has 0 fully saturated rings. The first-order valence-corrected chi connectivity index (χ1v) is 2.72. The Morgan fingerprint density at radius 1 is 1.75 bits per heavy atom. The lowest BCUT2D eigenvalue weighted by Gasteiger charge is -1.92. The maximum Gasteiger partial charge on any atom is 0.0639 e. The van der Waals surface area contributed by atoms with Crippen LogP contribution in [-0.4, -0.2) is 25.3 Å². The van der Waals surface area contributed by atoms with E-state index in [1.54, 1.807) is 0 Å². The Kier molecular flexibility index (Phi) is 4.61. The molecule has 0 aliphatic carbocycles. The molecule has 0 rings (SSSR count). The number of hydrogen-bond acceptors (Lipinski definition) is 2. The first kappa shape index (κ1) is 7.66. The van der Waals surface area contributed by atoms with Crippen LogP contribution in [0.5, 0.6) is 0 Å². The van der Waals surface area contributed by atoms with Crippen LogP contribution in [0.3, 0.4) is 0 Å². The van der Waals surface area contributed by atoms with Crippen molar-refractivity contribution in [1.82, 2.24) is 5.32 Å². The zero-order chi connectivity index (χ0) is 6.41. The van der Waals surface area contributed by atoms with E-state index in [1.807, 2.05) is 20.0 Å². The first-order chi connectivity index (χ1) is 3.81. The molecule has 0 aromatic carbocycles. The fourth-order valence-electron chi connectivity index (χ4n) is 0.341. The van der Waals surface area contributed by atoms with Crippen molar-refractivity contribution in [3.05, 3.63) is 11.6 Å². The fourth-order valence-corrected chi connectivity index (χ4v) is 0.341. The molecule has 0 amide bonds. The number of nitrogens with one attached hydrogen (secondary N) is 1. The number of aliphatic hydroxyl groups excluding tert-OH is 1. The summed E-state index contributed by atoms with van der Waals surface area (Å²) in [7, 11) is 1.88. The van der Waals surface area contributed by atoms with E-state index in [1.165, 1.54) is 0 Å². The topological polar surface area (TPSA) is 32.3 Å². The molecule has 2 N–H and O–H groups in total. The molecule has 0 heterocycles. The molecule has 0 aromatic heterocycles. The van der Waals surface area contributed by atoms with E-state index in [9.17, 15) is 0 Å². The van der Waals surface area contributed by atoms with Gasteiger partial charge in [0.1, 0.15) is 0 Å². The van der Waals surface area contributed by atoms with Gasteiger partial charge in [-0.1, -0.05) is 11.6 Å². The van der Waals surface area contributed by atoms with Gasteiger partial charge in [-0.25, -0.2) is 0 Å². The normalized spacial score (nSPS) is 12.1. The summed E-state index contributed by atoms with van der Waals surface area (Å²) < 4.78 is 0. The lowest BCUT2D eigenvalue weighted by atomic mass is 10.3. The predicted molar refractivity (Wildman–Crippen MR) is 34.8 cm³/mol. The summed E-state index contributed by atoms with van der Waals surface area (Å²) in [6.45, 7) is 2.91. The van der Waals surface area contributed by atoms with Crippen LogP contribution in [0.25, 0.3) is 0 Å². The van der Waals surface area contributed by atoms with Crippen LogP contribution in [0.2, 0.25) is 0 Å². The van der Waals surface area contributed by atoms with Crippen molar-refractivity contribution in [2.45, 2.75) is 6.92 Å². The number of aliphatic hydroxyl groups is 1. The van der Waals surface area contributed by atoms with Crippen LogP contribution >= 0.6 is 0 Å². The average Bonchev–Trinajstić information content (AvgIpc) is 1.83.